The van der Waals surface area contributed by atoms with Gasteiger partial charge in [-0.3, -0.25) is 19.8 Å². The summed E-state index contributed by atoms with van der Waals surface area (Å²) in [7, 11) is -3.74. The summed E-state index contributed by atoms with van der Waals surface area (Å²) in [5, 5.41) is 6.99. The zero-order valence-corrected chi connectivity index (χ0v) is 20.0. The zero-order valence-electron chi connectivity index (χ0n) is 18.4. The minimum Gasteiger partial charge on any atom is -0.325 e. The first kappa shape index (κ1) is 23.7. The van der Waals surface area contributed by atoms with Crippen LogP contribution in [0.3, 0.4) is 0 Å². The number of carbonyl (C=O) groups is 1. The number of anilines is 1. The van der Waals surface area contributed by atoms with Crippen molar-refractivity contribution in [2.24, 2.45) is 4.99 Å². The molecule has 0 aromatic heterocycles. The van der Waals surface area contributed by atoms with E-state index in [0.29, 0.717) is 29.5 Å². The van der Waals surface area contributed by atoms with Gasteiger partial charge in [-0.1, -0.05) is 49.1 Å². The van der Waals surface area contributed by atoms with Gasteiger partial charge in [-0.15, -0.1) is 0 Å². The number of aliphatic imine (C=N–C) groups is 1. The molecule has 1 amide bonds. The second kappa shape index (κ2) is 10.2. The van der Waals surface area contributed by atoms with Crippen LogP contribution in [-0.2, 0) is 20.4 Å². The highest BCUT2D eigenvalue weighted by atomic mass is 35.5. The van der Waals surface area contributed by atoms with Gasteiger partial charge in [0.1, 0.15) is 5.84 Å². The first-order valence-corrected chi connectivity index (χ1v) is 13.2. The van der Waals surface area contributed by atoms with Gasteiger partial charge < -0.3 is 5.32 Å². The molecule has 2 aliphatic rings. The second-order valence-corrected chi connectivity index (χ2v) is 10.7. The molecule has 7 nitrogen and oxygen atoms in total. The number of nitrogens with zero attached hydrogens (tertiary/aromatic N) is 1. The van der Waals surface area contributed by atoms with Crippen LogP contribution in [0.25, 0.3) is 0 Å². The normalized spacial score (nSPS) is 17.9. The first-order valence-electron chi connectivity index (χ1n) is 11.3. The molecule has 2 aromatic carbocycles. The molecule has 0 atom stereocenters. The van der Waals surface area contributed by atoms with Crippen LogP contribution in [0.2, 0.25) is 5.02 Å². The molecule has 2 aromatic rings. The minimum atomic E-state index is -3.74. The third kappa shape index (κ3) is 5.93. The Bertz CT molecular complexity index is 1130. The van der Waals surface area contributed by atoms with Crippen molar-refractivity contribution in [3.8, 4) is 0 Å². The molecule has 0 radical (unpaired) electrons. The maximum absolute atomic E-state index is 12.7. The highest BCUT2D eigenvalue weighted by Gasteiger charge is 2.33. The van der Waals surface area contributed by atoms with E-state index in [1.165, 1.54) is 18.6 Å². The van der Waals surface area contributed by atoms with Gasteiger partial charge in [0.25, 0.3) is 10.0 Å². The average molecular weight is 489 g/mol. The lowest BCUT2D eigenvalue weighted by molar-refractivity contribution is -0.115. The lowest BCUT2D eigenvalue weighted by Gasteiger charge is -2.39. The molecule has 33 heavy (non-hydrogen) atoms. The van der Waals surface area contributed by atoms with Gasteiger partial charge in [0.2, 0.25) is 5.91 Å². The Kier molecular flexibility index (Phi) is 7.36. The molecular formula is C24H29ClN4O3S. The van der Waals surface area contributed by atoms with Crippen LogP contribution in [0.15, 0.2) is 58.4 Å². The summed E-state index contributed by atoms with van der Waals surface area (Å²) >= 11 is 6.07. The predicted octanol–water partition coefficient (Wildman–Crippen LogP) is 4.20. The zero-order chi connectivity index (χ0) is 23.3. The maximum atomic E-state index is 12.7. The third-order valence-electron chi connectivity index (χ3n) is 6.25. The fourth-order valence-electron chi connectivity index (χ4n) is 4.52. The van der Waals surface area contributed by atoms with Gasteiger partial charge in [-0.25, -0.2) is 8.42 Å². The van der Waals surface area contributed by atoms with Crippen molar-refractivity contribution in [2.75, 3.05) is 18.4 Å². The lowest BCUT2D eigenvalue weighted by Crippen LogP contribution is -2.47. The molecule has 9 heteroatoms. The van der Waals surface area contributed by atoms with Gasteiger partial charge in [0, 0.05) is 29.2 Å². The lowest BCUT2D eigenvalue weighted by atomic mass is 9.76. The van der Waals surface area contributed by atoms with E-state index in [4.69, 9.17) is 11.6 Å². The van der Waals surface area contributed by atoms with E-state index in [-0.39, 0.29) is 22.9 Å². The van der Waals surface area contributed by atoms with Crippen molar-refractivity contribution in [1.82, 2.24) is 10.0 Å². The molecule has 0 unspecified atom stereocenters. The molecule has 1 fully saturated rings. The Morgan fingerprint density at radius 2 is 1.79 bits per heavy atom. The molecule has 1 saturated carbocycles. The smallest absolute Gasteiger partial charge is 0.262 e. The summed E-state index contributed by atoms with van der Waals surface area (Å²) in [5.74, 6) is 0.255. The highest BCUT2D eigenvalue weighted by Crippen LogP contribution is 2.37. The van der Waals surface area contributed by atoms with Crippen LogP contribution >= 0.6 is 11.6 Å². The number of hydrogen-bond donors (Lipinski definition) is 3. The number of halogens is 1. The van der Waals surface area contributed by atoms with E-state index in [1.807, 2.05) is 24.3 Å². The van der Waals surface area contributed by atoms with Crippen LogP contribution in [0.5, 0.6) is 0 Å². The van der Waals surface area contributed by atoms with Crippen LogP contribution in [0.4, 0.5) is 5.69 Å². The Morgan fingerprint density at radius 3 is 2.48 bits per heavy atom. The number of sulfonamides is 1. The number of benzene rings is 2. The minimum absolute atomic E-state index is 0.0905. The third-order valence-corrected chi connectivity index (χ3v) is 7.88. The molecule has 1 heterocycles. The van der Waals surface area contributed by atoms with Gasteiger partial charge in [-0.05, 0) is 55.2 Å². The van der Waals surface area contributed by atoms with Crippen molar-refractivity contribution in [3.05, 3.63) is 59.1 Å². The van der Waals surface area contributed by atoms with Crippen LogP contribution < -0.4 is 15.4 Å². The molecule has 1 aliphatic carbocycles. The summed E-state index contributed by atoms with van der Waals surface area (Å²) in [6, 6.07) is 14.1. The van der Waals surface area contributed by atoms with Crippen molar-refractivity contribution >= 4 is 39.1 Å². The van der Waals surface area contributed by atoms with Crippen molar-refractivity contribution in [3.63, 3.8) is 0 Å². The topological polar surface area (TPSA) is 99.7 Å². The first-order chi connectivity index (χ1) is 15.9. The molecule has 0 bridgehead atoms. The fourth-order valence-corrected chi connectivity index (χ4v) is 5.78. The van der Waals surface area contributed by atoms with E-state index >= 15 is 0 Å². The van der Waals surface area contributed by atoms with Crippen LogP contribution in [0.1, 0.15) is 50.5 Å². The molecule has 0 saturated heterocycles. The number of rotatable bonds is 7. The number of hydrogen-bond acceptors (Lipinski definition) is 5. The molecule has 1 aliphatic heterocycles. The van der Waals surface area contributed by atoms with E-state index in [9.17, 15) is 13.2 Å². The van der Waals surface area contributed by atoms with Crippen LogP contribution in [-0.4, -0.2) is 33.3 Å². The number of amides is 1. The van der Waals surface area contributed by atoms with Crippen molar-refractivity contribution in [1.29, 1.82) is 0 Å². The van der Waals surface area contributed by atoms with E-state index in [0.717, 1.165) is 37.7 Å². The monoisotopic (exact) mass is 488 g/mol. The molecule has 3 N–H and O–H groups in total. The summed E-state index contributed by atoms with van der Waals surface area (Å²) in [6.45, 7) is 0.757. The number of amidine groups is 1. The van der Waals surface area contributed by atoms with Gasteiger partial charge in [0.05, 0.1) is 11.4 Å². The van der Waals surface area contributed by atoms with Crippen molar-refractivity contribution in [2.45, 2.75) is 55.4 Å². The summed E-state index contributed by atoms with van der Waals surface area (Å²) in [6.07, 6.45) is 6.74. The summed E-state index contributed by atoms with van der Waals surface area (Å²) in [5.41, 5.74) is 1.30. The maximum Gasteiger partial charge on any atom is 0.262 e. The van der Waals surface area contributed by atoms with Gasteiger partial charge in [-0.2, -0.15) is 0 Å². The van der Waals surface area contributed by atoms with E-state index < -0.39 is 10.0 Å². The standard InChI is InChI=1S/C24H29ClN4O3S/c25-19-11-9-18(10-12-19)24(13-2-1-3-14-24)27-17-23(30)28-20-6-4-7-21(16-20)33(31,32)29-22-8-5-15-26-22/h4,6-7,9-12,16,27H,1-3,5,8,13-15,17H2,(H,26,29)(H,28,30). The highest BCUT2D eigenvalue weighted by molar-refractivity contribution is 7.90. The SMILES string of the molecule is O=C(CNC1(c2ccc(Cl)cc2)CCCCC1)Nc1cccc(S(=O)(=O)NC2=NCCC2)c1. The number of carbonyl (C=O) groups excluding carboxylic acids is 1. The van der Waals surface area contributed by atoms with E-state index in [2.05, 4.69) is 20.3 Å². The Labute approximate surface area is 200 Å². The Morgan fingerprint density at radius 1 is 1.03 bits per heavy atom. The molecular weight excluding hydrogens is 460 g/mol. The average Bonchev–Trinajstić information content (AvgIpc) is 3.31. The Hall–Kier alpha value is -2.42. The van der Waals surface area contributed by atoms with E-state index in [1.54, 1.807) is 12.1 Å². The van der Waals surface area contributed by atoms with Gasteiger partial charge >= 0.3 is 0 Å². The Balaban J connectivity index is 1.42. The quantitative estimate of drug-likeness (QED) is 0.543. The summed E-state index contributed by atoms with van der Waals surface area (Å²) in [4.78, 5) is 17.0. The fraction of sp³-hybridized carbons (Fsp3) is 0.417. The van der Waals surface area contributed by atoms with Gasteiger partial charge in [0.15, 0.2) is 0 Å². The number of nitrogens with one attached hydrogen (secondary N) is 3. The summed E-state index contributed by atoms with van der Waals surface area (Å²) < 4.78 is 27.8. The second-order valence-electron chi connectivity index (χ2n) is 8.62. The predicted molar refractivity (Wildman–Crippen MR) is 131 cm³/mol. The van der Waals surface area contributed by atoms with Crippen molar-refractivity contribution < 1.29 is 13.2 Å². The molecule has 0 spiro atoms. The van der Waals surface area contributed by atoms with Crippen LogP contribution in [0, 0.1) is 0 Å². The molecule has 176 valence electrons. The molecule has 4 rings (SSSR count). The largest absolute Gasteiger partial charge is 0.325 e.